The highest BCUT2D eigenvalue weighted by atomic mass is 32.2. The summed E-state index contributed by atoms with van der Waals surface area (Å²) in [6, 6.07) is 26.9. The molecule has 0 aliphatic heterocycles. The molecule has 0 bridgehead atoms. The predicted molar refractivity (Wildman–Crippen MR) is 224 cm³/mol. The summed E-state index contributed by atoms with van der Waals surface area (Å²) in [5.41, 5.74) is 3.98. The third-order valence-corrected chi connectivity index (χ3v) is 12.9. The molecule has 0 aliphatic rings. The zero-order chi connectivity index (χ0) is 42.3. The summed E-state index contributed by atoms with van der Waals surface area (Å²) < 4.78 is 60.2. The van der Waals surface area contributed by atoms with Crippen LogP contribution in [0.2, 0.25) is 0 Å². The van der Waals surface area contributed by atoms with Crippen molar-refractivity contribution in [1.29, 1.82) is 0 Å². The number of hydrogen-bond acceptors (Lipinski definition) is 9. The highest BCUT2D eigenvalue weighted by molar-refractivity contribution is 7.91. The van der Waals surface area contributed by atoms with Gasteiger partial charge in [-0.2, -0.15) is 0 Å². The molecule has 0 fully saturated rings. The molecule has 6 rings (SSSR count). The summed E-state index contributed by atoms with van der Waals surface area (Å²) in [6.45, 7) is 8.93. The minimum atomic E-state index is -3.93. The van der Waals surface area contributed by atoms with Crippen molar-refractivity contribution in [2.45, 2.75) is 73.4 Å². The quantitative estimate of drug-likeness (QED) is 0.115. The number of carbonyl (C=O) groups is 2. The van der Waals surface area contributed by atoms with Gasteiger partial charge in [-0.25, -0.2) is 36.4 Å². The van der Waals surface area contributed by atoms with Gasteiger partial charge in [0.1, 0.15) is 5.75 Å². The monoisotopic (exact) mass is 832 g/mol. The van der Waals surface area contributed by atoms with Crippen LogP contribution in [0.1, 0.15) is 41.7 Å². The first kappa shape index (κ1) is 42.0. The lowest BCUT2D eigenvalue weighted by atomic mass is 10.1. The topological polar surface area (TPSA) is 168 Å². The molecule has 13 nitrogen and oxygen atoms in total. The van der Waals surface area contributed by atoms with Crippen LogP contribution in [0, 0.1) is 20.8 Å². The Hall–Kier alpha value is -6.58. The van der Waals surface area contributed by atoms with Gasteiger partial charge in [0.15, 0.2) is 0 Å². The fourth-order valence-electron chi connectivity index (χ4n) is 6.51. The lowest BCUT2D eigenvalue weighted by molar-refractivity contribution is 0.0466. The largest absolute Gasteiger partial charge is 0.491 e. The Morgan fingerprint density at radius 1 is 0.610 bits per heavy atom. The van der Waals surface area contributed by atoms with Crippen LogP contribution in [-0.2, 0) is 32.8 Å². The van der Waals surface area contributed by atoms with Gasteiger partial charge < -0.3 is 15.4 Å². The number of carbonyl (C=O) groups excluding carboxylic acids is 2. The molecule has 15 heteroatoms. The fraction of sp³-hybridized carbons (Fsp3) is 0.182. The number of aromatic nitrogens is 2. The molecule has 2 N–H and O–H groups in total. The van der Waals surface area contributed by atoms with E-state index >= 15 is 0 Å². The van der Waals surface area contributed by atoms with Crippen LogP contribution in [0.3, 0.4) is 0 Å². The van der Waals surface area contributed by atoms with Crippen LogP contribution in [0.25, 0.3) is 0 Å². The van der Waals surface area contributed by atoms with Gasteiger partial charge in [-0.05, 0) is 136 Å². The average molecular weight is 833 g/mol. The lowest BCUT2D eigenvalue weighted by Gasteiger charge is -2.35. The minimum Gasteiger partial charge on any atom is -0.491 e. The van der Waals surface area contributed by atoms with E-state index in [2.05, 4.69) is 20.6 Å². The van der Waals surface area contributed by atoms with Gasteiger partial charge in [-0.1, -0.05) is 35.9 Å². The van der Waals surface area contributed by atoms with E-state index in [1.54, 1.807) is 75.0 Å². The van der Waals surface area contributed by atoms with Gasteiger partial charge in [0, 0.05) is 36.2 Å². The number of pyridine rings is 2. The molecule has 0 saturated heterocycles. The number of rotatable bonds is 12. The van der Waals surface area contributed by atoms with Crippen molar-refractivity contribution in [2.24, 2.45) is 0 Å². The summed E-state index contributed by atoms with van der Waals surface area (Å²) in [7, 11) is -7.80. The average Bonchev–Trinajstić information content (AvgIpc) is 3.19. The maximum Gasteiger partial charge on any atom is 0.341 e. The van der Waals surface area contributed by atoms with Crippen molar-refractivity contribution in [3.63, 3.8) is 0 Å². The second-order valence-corrected chi connectivity index (χ2v) is 18.0. The van der Waals surface area contributed by atoms with Gasteiger partial charge >= 0.3 is 12.1 Å². The Morgan fingerprint density at radius 2 is 1.08 bits per heavy atom. The van der Waals surface area contributed by atoms with Gasteiger partial charge in [-0.3, -0.25) is 9.97 Å². The molecular weight excluding hydrogens is 789 g/mol. The molecule has 0 aliphatic carbocycles. The van der Waals surface area contributed by atoms with Crippen molar-refractivity contribution < 1.29 is 31.2 Å². The van der Waals surface area contributed by atoms with Gasteiger partial charge in [0.25, 0.3) is 0 Å². The number of ether oxygens (including phenoxy) is 1. The third-order valence-electron chi connectivity index (χ3n) is 9.06. The normalized spacial score (nSPS) is 11.5. The maximum absolute atomic E-state index is 14.3. The van der Waals surface area contributed by atoms with Crippen LogP contribution in [0.15, 0.2) is 154 Å². The smallest absolute Gasteiger partial charge is 0.341 e. The van der Waals surface area contributed by atoms with E-state index in [1.807, 2.05) is 32.9 Å². The van der Waals surface area contributed by atoms with Crippen molar-refractivity contribution in [3.8, 4) is 5.75 Å². The standard InChI is InChI=1S/C44H44N6O7S2/c1-30(2)57-38-11-6-12-41(25-38)58(53,54)39-17-13-36(14-18-39)47-43(51)49(28-34-9-7-21-45-26-34)50(29-35-10-8-22-46-27-35)44(52)48-37-15-19-40(20-16-37)59(55,56)42-32(4)23-31(3)24-33(42)5/h6-27,30H,28-29H2,1-5H3,(H,47,51)(H,48,52). The van der Waals surface area contributed by atoms with Gasteiger partial charge in [-0.15, -0.1) is 0 Å². The second-order valence-electron chi connectivity index (χ2n) is 14.1. The maximum atomic E-state index is 14.3. The second kappa shape index (κ2) is 17.9. The van der Waals surface area contributed by atoms with Crippen LogP contribution in [0.4, 0.5) is 21.0 Å². The molecule has 0 spiro atoms. The predicted octanol–water partition coefficient (Wildman–Crippen LogP) is 8.54. The van der Waals surface area contributed by atoms with Crippen LogP contribution in [0.5, 0.6) is 5.75 Å². The first-order valence-corrected chi connectivity index (χ1v) is 21.6. The Balaban J connectivity index is 1.28. The molecule has 4 aromatic carbocycles. The first-order chi connectivity index (χ1) is 28.1. The zero-order valence-electron chi connectivity index (χ0n) is 33.2. The fourth-order valence-corrected chi connectivity index (χ4v) is 9.50. The Labute approximate surface area is 344 Å². The summed E-state index contributed by atoms with van der Waals surface area (Å²) in [6.07, 6.45) is 6.17. The Kier molecular flexibility index (Phi) is 12.8. The Bertz CT molecular complexity index is 2640. The van der Waals surface area contributed by atoms with Crippen LogP contribution in [-0.4, -0.2) is 55.0 Å². The van der Waals surface area contributed by atoms with E-state index in [0.29, 0.717) is 28.0 Å². The van der Waals surface area contributed by atoms with E-state index < -0.39 is 31.7 Å². The highest BCUT2D eigenvalue weighted by Crippen LogP contribution is 2.30. The van der Waals surface area contributed by atoms with Gasteiger partial charge in [0.05, 0.1) is 38.8 Å². The SMILES string of the molecule is Cc1cc(C)c(S(=O)(=O)c2ccc(NC(=O)N(Cc3cccnc3)N(Cc3cccnc3)C(=O)Nc3ccc(S(=O)(=O)c4cccc(OC(C)C)c4)cc3)cc2)c(C)c1. The Morgan fingerprint density at radius 3 is 1.53 bits per heavy atom. The molecule has 0 atom stereocenters. The molecule has 2 aromatic heterocycles. The van der Waals surface area contributed by atoms with Crippen molar-refractivity contribution >= 4 is 43.1 Å². The van der Waals surface area contributed by atoms with Gasteiger partial charge in [0.2, 0.25) is 19.7 Å². The molecule has 4 amide bonds. The molecule has 304 valence electrons. The van der Waals surface area contributed by atoms with Crippen LogP contribution >= 0.6 is 0 Å². The molecule has 0 unspecified atom stereocenters. The van der Waals surface area contributed by atoms with Crippen LogP contribution < -0.4 is 15.4 Å². The number of benzene rings is 4. The van der Waals surface area contributed by atoms with E-state index in [-0.39, 0.29) is 50.2 Å². The molecule has 59 heavy (non-hydrogen) atoms. The minimum absolute atomic E-state index is 0.00458. The van der Waals surface area contributed by atoms with E-state index in [4.69, 9.17) is 4.74 Å². The number of anilines is 2. The number of nitrogens with zero attached hydrogens (tertiary/aromatic N) is 4. The molecule has 0 radical (unpaired) electrons. The van der Waals surface area contributed by atoms with E-state index in [0.717, 1.165) is 5.56 Å². The molecular formula is C44H44N6O7S2. The van der Waals surface area contributed by atoms with Crippen molar-refractivity contribution in [2.75, 3.05) is 10.6 Å². The number of amides is 4. The summed E-state index contributed by atoms with van der Waals surface area (Å²) in [5, 5.41) is 8.01. The summed E-state index contributed by atoms with van der Waals surface area (Å²) in [4.78, 5) is 37.2. The third kappa shape index (κ3) is 10.1. The number of nitrogens with one attached hydrogen (secondary N) is 2. The molecule has 0 saturated carbocycles. The summed E-state index contributed by atoms with van der Waals surface area (Å²) in [5.74, 6) is 0.423. The first-order valence-electron chi connectivity index (χ1n) is 18.6. The number of urea groups is 2. The van der Waals surface area contributed by atoms with E-state index in [1.165, 1.54) is 70.7 Å². The van der Waals surface area contributed by atoms with Crippen molar-refractivity contribution in [3.05, 3.63) is 162 Å². The lowest BCUT2D eigenvalue weighted by Crippen LogP contribution is -2.52. The number of hydrazine groups is 1. The number of aryl methyl sites for hydroxylation is 3. The summed E-state index contributed by atoms with van der Waals surface area (Å²) >= 11 is 0. The number of sulfone groups is 2. The molecule has 2 heterocycles. The molecule has 6 aromatic rings. The van der Waals surface area contributed by atoms with Crippen molar-refractivity contribution in [1.82, 2.24) is 20.0 Å². The highest BCUT2D eigenvalue weighted by Gasteiger charge is 2.29. The number of hydrogen-bond donors (Lipinski definition) is 2. The van der Waals surface area contributed by atoms with E-state index in [9.17, 15) is 26.4 Å². The zero-order valence-corrected chi connectivity index (χ0v) is 34.8.